The lowest BCUT2D eigenvalue weighted by molar-refractivity contribution is 0.797. The van der Waals surface area contributed by atoms with Crippen molar-refractivity contribution in [3.63, 3.8) is 0 Å². The van der Waals surface area contributed by atoms with Crippen LogP contribution >= 0.6 is 24.8 Å². The molecule has 1 aromatic rings. The van der Waals surface area contributed by atoms with Crippen molar-refractivity contribution in [3.8, 4) is 0 Å². The van der Waals surface area contributed by atoms with Crippen molar-refractivity contribution in [2.45, 2.75) is 19.9 Å². The van der Waals surface area contributed by atoms with Crippen LogP contribution in [0.1, 0.15) is 24.4 Å². The molecule has 0 saturated carbocycles. The second-order valence-corrected chi connectivity index (χ2v) is 2.35. The van der Waals surface area contributed by atoms with Gasteiger partial charge < -0.3 is 5.73 Å². The van der Waals surface area contributed by atoms with E-state index in [0.717, 1.165) is 11.4 Å². The Bertz CT molecular complexity index is 210. The van der Waals surface area contributed by atoms with Crippen LogP contribution in [0.15, 0.2) is 12.4 Å². The first-order chi connectivity index (χ1) is 4.70. The van der Waals surface area contributed by atoms with E-state index in [-0.39, 0.29) is 30.9 Å². The Morgan fingerprint density at radius 1 is 1.25 bits per heavy atom. The first kappa shape index (κ1) is 14.2. The normalized spacial score (nSPS) is 10.9. The van der Waals surface area contributed by atoms with Gasteiger partial charge in [0.1, 0.15) is 5.82 Å². The average Bonchev–Trinajstić information content (AvgIpc) is 1.88. The van der Waals surface area contributed by atoms with E-state index in [1.165, 1.54) is 0 Å². The molecule has 0 aliphatic carbocycles. The van der Waals surface area contributed by atoms with Crippen LogP contribution in [-0.4, -0.2) is 9.97 Å². The summed E-state index contributed by atoms with van der Waals surface area (Å²) in [6.45, 7) is 3.76. The molecule has 0 radical (unpaired) electrons. The van der Waals surface area contributed by atoms with Crippen molar-refractivity contribution in [2.24, 2.45) is 5.73 Å². The van der Waals surface area contributed by atoms with Crippen molar-refractivity contribution in [1.82, 2.24) is 9.97 Å². The molecule has 0 bridgehead atoms. The van der Waals surface area contributed by atoms with Gasteiger partial charge in [0.25, 0.3) is 0 Å². The molecule has 0 fully saturated rings. The van der Waals surface area contributed by atoms with E-state index in [1.54, 1.807) is 12.4 Å². The maximum Gasteiger partial charge on any atom is 0.125 e. The Morgan fingerprint density at radius 2 is 1.67 bits per heavy atom. The molecule has 0 unspecified atom stereocenters. The first-order valence-corrected chi connectivity index (χ1v) is 3.24. The lowest BCUT2D eigenvalue weighted by Crippen LogP contribution is -2.06. The van der Waals surface area contributed by atoms with E-state index in [2.05, 4.69) is 9.97 Å². The Morgan fingerprint density at radius 3 is 2.00 bits per heavy atom. The molecule has 0 aromatic carbocycles. The summed E-state index contributed by atoms with van der Waals surface area (Å²) in [6, 6.07) is 0.0283. The van der Waals surface area contributed by atoms with Crippen molar-refractivity contribution in [2.75, 3.05) is 0 Å². The van der Waals surface area contributed by atoms with Gasteiger partial charge in [-0.3, -0.25) is 0 Å². The molecule has 0 aliphatic heterocycles. The molecule has 12 heavy (non-hydrogen) atoms. The van der Waals surface area contributed by atoms with Gasteiger partial charge >= 0.3 is 0 Å². The summed E-state index contributed by atoms with van der Waals surface area (Å²) >= 11 is 0. The van der Waals surface area contributed by atoms with E-state index in [9.17, 15) is 0 Å². The minimum absolute atomic E-state index is 0. The second kappa shape index (κ2) is 6.17. The molecule has 1 heterocycles. The highest BCUT2D eigenvalue weighted by molar-refractivity contribution is 5.85. The van der Waals surface area contributed by atoms with Gasteiger partial charge in [0, 0.05) is 24.0 Å². The maximum atomic E-state index is 5.58. The monoisotopic (exact) mass is 209 g/mol. The fraction of sp³-hybridized carbons (Fsp3) is 0.429. The number of nitrogens with zero attached hydrogens (tertiary/aromatic N) is 2. The van der Waals surface area contributed by atoms with E-state index < -0.39 is 0 Å². The van der Waals surface area contributed by atoms with Gasteiger partial charge in [0.2, 0.25) is 0 Å². The van der Waals surface area contributed by atoms with Crippen LogP contribution < -0.4 is 5.73 Å². The highest BCUT2D eigenvalue weighted by Crippen LogP contribution is 2.04. The zero-order valence-corrected chi connectivity index (χ0v) is 8.65. The zero-order chi connectivity index (χ0) is 7.56. The van der Waals surface area contributed by atoms with Gasteiger partial charge in [-0.1, -0.05) is 0 Å². The maximum absolute atomic E-state index is 5.58. The smallest absolute Gasteiger partial charge is 0.125 e. The lowest BCUT2D eigenvalue weighted by atomic mass is 10.2. The molecule has 5 heteroatoms. The van der Waals surface area contributed by atoms with E-state index in [0.29, 0.717) is 0 Å². The standard InChI is InChI=1S/C7H11N3.2ClH/c1-5(8)7-3-9-6(2)10-4-7;;/h3-5H,8H2,1-2H3;2*1H/t5-;;/m1../s1. The number of nitrogens with two attached hydrogens (primary N) is 1. The fourth-order valence-electron chi connectivity index (χ4n) is 0.638. The molecule has 0 amide bonds. The Kier molecular flexibility index (Phi) is 7.28. The molecule has 0 aliphatic rings. The van der Waals surface area contributed by atoms with Gasteiger partial charge in [0.15, 0.2) is 0 Å². The molecule has 2 N–H and O–H groups in total. The van der Waals surface area contributed by atoms with Crippen molar-refractivity contribution < 1.29 is 0 Å². The highest BCUT2D eigenvalue weighted by atomic mass is 35.5. The molecule has 1 rings (SSSR count). The third-order valence-electron chi connectivity index (χ3n) is 1.33. The Hall–Kier alpha value is -0.380. The van der Waals surface area contributed by atoms with Crippen LogP contribution in [0.25, 0.3) is 0 Å². The van der Waals surface area contributed by atoms with Gasteiger partial charge in [-0.25, -0.2) is 9.97 Å². The third-order valence-corrected chi connectivity index (χ3v) is 1.33. The summed E-state index contributed by atoms with van der Waals surface area (Å²) in [5.74, 6) is 0.782. The SMILES string of the molecule is Cc1ncc([C@@H](C)N)cn1.Cl.Cl. The fourth-order valence-corrected chi connectivity index (χ4v) is 0.638. The topological polar surface area (TPSA) is 51.8 Å². The van der Waals surface area contributed by atoms with E-state index in [1.807, 2.05) is 13.8 Å². The zero-order valence-electron chi connectivity index (χ0n) is 7.02. The first-order valence-electron chi connectivity index (χ1n) is 3.24. The quantitative estimate of drug-likeness (QED) is 0.766. The van der Waals surface area contributed by atoms with Gasteiger partial charge in [0.05, 0.1) is 0 Å². The predicted molar refractivity (Wildman–Crippen MR) is 53.9 cm³/mol. The highest BCUT2D eigenvalue weighted by Gasteiger charge is 1.97. The van der Waals surface area contributed by atoms with Crippen LogP contribution in [0, 0.1) is 6.92 Å². The molecule has 70 valence electrons. The predicted octanol–water partition coefficient (Wildman–Crippen LogP) is 1.65. The van der Waals surface area contributed by atoms with E-state index >= 15 is 0 Å². The number of hydrogen-bond acceptors (Lipinski definition) is 3. The van der Waals surface area contributed by atoms with Crippen LogP contribution in [0.2, 0.25) is 0 Å². The molecule has 0 saturated heterocycles. The van der Waals surface area contributed by atoms with Crippen molar-refractivity contribution in [1.29, 1.82) is 0 Å². The van der Waals surface area contributed by atoms with Crippen molar-refractivity contribution >= 4 is 24.8 Å². The summed E-state index contributed by atoms with van der Waals surface area (Å²) in [7, 11) is 0. The van der Waals surface area contributed by atoms with Crippen LogP contribution in [0.3, 0.4) is 0 Å². The minimum atomic E-state index is 0. The minimum Gasteiger partial charge on any atom is -0.324 e. The molecule has 1 aromatic heterocycles. The number of aryl methyl sites for hydroxylation is 1. The third kappa shape index (κ3) is 3.85. The molecule has 0 spiro atoms. The number of aromatic nitrogens is 2. The average molecular weight is 210 g/mol. The summed E-state index contributed by atoms with van der Waals surface area (Å²) < 4.78 is 0. The number of rotatable bonds is 1. The summed E-state index contributed by atoms with van der Waals surface area (Å²) in [5, 5.41) is 0. The summed E-state index contributed by atoms with van der Waals surface area (Å²) in [6.07, 6.45) is 3.51. The number of hydrogen-bond donors (Lipinski definition) is 1. The summed E-state index contributed by atoms with van der Waals surface area (Å²) in [5.41, 5.74) is 6.56. The molecular weight excluding hydrogens is 197 g/mol. The van der Waals surface area contributed by atoms with Gasteiger partial charge in [-0.2, -0.15) is 0 Å². The number of halogens is 2. The van der Waals surface area contributed by atoms with Crippen molar-refractivity contribution in [3.05, 3.63) is 23.8 Å². The summed E-state index contributed by atoms with van der Waals surface area (Å²) in [4.78, 5) is 8.02. The largest absolute Gasteiger partial charge is 0.324 e. The second-order valence-electron chi connectivity index (χ2n) is 2.35. The molecular formula is C7H13Cl2N3. The van der Waals surface area contributed by atoms with Crippen LogP contribution in [-0.2, 0) is 0 Å². The van der Waals surface area contributed by atoms with Gasteiger partial charge in [-0.05, 0) is 13.8 Å². The molecule has 3 nitrogen and oxygen atoms in total. The van der Waals surface area contributed by atoms with Crippen LogP contribution in [0.5, 0.6) is 0 Å². The Balaban J connectivity index is 0. The lowest BCUT2D eigenvalue weighted by Gasteiger charge is -2.02. The molecule has 1 atom stereocenters. The van der Waals surface area contributed by atoms with Gasteiger partial charge in [-0.15, -0.1) is 24.8 Å². The van der Waals surface area contributed by atoms with E-state index in [4.69, 9.17) is 5.73 Å². The Labute approximate surface area is 84.6 Å². The van der Waals surface area contributed by atoms with Crippen LogP contribution in [0.4, 0.5) is 0 Å².